The first kappa shape index (κ1) is 20.2. The lowest BCUT2D eigenvalue weighted by Crippen LogP contribution is -2.47. The highest BCUT2D eigenvalue weighted by Crippen LogP contribution is 2.13. The van der Waals surface area contributed by atoms with Gasteiger partial charge in [0.05, 0.1) is 4.75 Å². The van der Waals surface area contributed by atoms with Crippen LogP contribution in [0.5, 0.6) is 0 Å². The number of nitrogens with zero attached hydrogens (tertiary/aromatic N) is 1. The zero-order valence-electron chi connectivity index (χ0n) is 14.2. The van der Waals surface area contributed by atoms with Gasteiger partial charge in [0.25, 0.3) is 0 Å². The van der Waals surface area contributed by atoms with Crippen LogP contribution in [0.3, 0.4) is 0 Å². The minimum absolute atomic E-state index is 0.315. The normalized spacial score (nSPS) is 13.6. The molecule has 0 aromatic heterocycles. The van der Waals surface area contributed by atoms with Crippen molar-refractivity contribution in [2.24, 2.45) is 10.9 Å². The van der Waals surface area contributed by atoms with Crippen molar-refractivity contribution >= 4 is 15.8 Å². The summed E-state index contributed by atoms with van der Waals surface area (Å²) in [7, 11) is -1.45. The third-order valence-electron chi connectivity index (χ3n) is 3.12. The van der Waals surface area contributed by atoms with Crippen molar-refractivity contribution in [2.45, 2.75) is 38.9 Å². The third kappa shape index (κ3) is 8.93. The molecule has 0 bridgehead atoms. The fraction of sp³-hybridized carbons (Fsp3) is 0.929. The molecule has 21 heavy (non-hydrogen) atoms. The summed E-state index contributed by atoms with van der Waals surface area (Å²) in [6.45, 7) is 10.2. The molecule has 2 N–H and O–H groups in total. The lowest BCUT2D eigenvalue weighted by atomic mass is 10.2. The van der Waals surface area contributed by atoms with Crippen molar-refractivity contribution in [3.63, 3.8) is 0 Å². The van der Waals surface area contributed by atoms with E-state index in [0.29, 0.717) is 25.0 Å². The Kier molecular flexibility index (Phi) is 8.89. The van der Waals surface area contributed by atoms with Crippen LogP contribution in [-0.4, -0.2) is 58.7 Å². The van der Waals surface area contributed by atoms with Gasteiger partial charge in [-0.15, -0.1) is 0 Å². The fourth-order valence-electron chi connectivity index (χ4n) is 1.35. The standard InChI is InChI=1S/C14H31N3O3S/c1-12(2)10-20-9-7-8-16-13(15-5)17-11-14(3,4)21(6,18)19/h12H,7-11H2,1-6H3,(H2,15,16,17). The maximum atomic E-state index is 11.6. The van der Waals surface area contributed by atoms with Crippen LogP contribution < -0.4 is 10.6 Å². The molecule has 0 fully saturated rings. The van der Waals surface area contributed by atoms with Gasteiger partial charge in [-0.3, -0.25) is 4.99 Å². The summed E-state index contributed by atoms with van der Waals surface area (Å²) in [5.41, 5.74) is 0. The predicted octanol–water partition coefficient (Wildman–Crippen LogP) is 1.04. The largest absolute Gasteiger partial charge is 0.381 e. The molecule has 0 radical (unpaired) electrons. The minimum Gasteiger partial charge on any atom is -0.381 e. The number of rotatable bonds is 9. The maximum Gasteiger partial charge on any atom is 0.191 e. The summed E-state index contributed by atoms with van der Waals surface area (Å²) in [6.07, 6.45) is 2.12. The van der Waals surface area contributed by atoms with E-state index in [1.165, 1.54) is 6.26 Å². The van der Waals surface area contributed by atoms with Crippen molar-refractivity contribution in [2.75, 3.05) is 39.6 Å². The van der Waals surface area contributed by atoms with Gasteiger partial charge in [-0.1, -0.05) is 13.8 Å². The Hall–Kier alpha value is -0.820. The second-order valence-corrected chi connectivity index (χ2v) is 8.86. The van der Waals surface area contributed by atoms with E-state index >= 15 is 0 Å². The van der Waals surface area contributed by atoms with E-state index in [0.717, 1.165) is 19.6 Å². The Labute approximate surface area is 129 Å². The van der Waals surface area contributed by atoms with E-state index in [-0.39, 0.29) is 0 Å². The number of hydrogen-bond acceptors (Lipinski definition) is 4. The highest BCUT2D eigenvalue weighted by Gasteiger charge is 2.30. The number of hydrogen-bond donors (Lipinski definition) is 2. The van der Waals surface area contributed by atoms with Gasteiger partial charge < -0.3 is 15.4 Å². The van der Waals surface area contributed by atoms with Gasteiger partial charge in [0.1, 0.15) is 0 Å². The van der Waals surface area contributed by atoms with Crippen LogP contribution in [-0.2, 0) is 14.6 Å². The average molecular weight is 321 g/mol. The van der Waals surface area contributed by atoms with E-state index in [1.807, 2.05) is 0 Å². The van der Waals surface area contributed by atoms with Crippen molar-refractivity contribution in [1.29, 1.82) is 0 Å². The van der Waals surface area contributed by atoms with Crippen LogP contribution in [0.1, 0.15) is 34.1 Å². The SMILES string of the molecule is CN=C(NCCCOCC(C)C)NCC(C)(C)S(C)(=O)=O. The zero-order valence-corrected chi connectivity index (χ0v) is 15.0. The molecule has 0 unspecified atom stereocenters. The molecule has 0 aromatic carbocycles. The van der Waals surface area contributed by atoms with Crippen molar-refractivity contribution in [3.05, 3.63) is 0 Å². The summed E-state index contributed by atoms with van der Waals surface area (Å²) < 4.78 is 27.9. The summed E-state index contributed by atoms with van der Waals surface area (Å²) >= 11 is 0. The van der Waals surface area contributed by atoms with Crippen LogP contribution in [0.4, 0.5) is 0 Å². The van der Waals surface area contributed by atoms with E-state index in [1.54, 1.807) is 20.9 Å². The Balaban J connectivity index is 3.99. The summed E-state index contributed by atoms with van der Waals surface area (Å²) in [4.78, 5) is 4.08. The molecule has 0 saturated carbocycles. The molecule has 0 spiro atoms. The molecule has 0 heterocycles. The van der Waals surface area contributed by atoms with E-state index in [2.05, 4.69) is 29.5 Å². The van der Waals surface area contributed by atoms with Gasteiger partial charge in [-0.25, -0.2) is 8.42 Å². The van der Waals surface area contributed by atoms with Crippen molar-refractivity contribution in [3.8, 4) is 0 Å². The number of sulfone groups is 1. The zero-order chi connectivity index (χ0) is 16.5. The van der Waals surface area contributed by atoms with Crippen LogP contribution >= 0.6 is 0 Å². The van der Waals surface area contributed by atoms with Gasteiger partial charge in [0, 0.05) is 39.6 Å². The molecular weight excluding hydrogens is 290 g/mol. The molecular formula is C14H31N3O3S. The second-order valence-electron chi connectivity index (χ2n) is 6.21. The summed E-state index contributed by atoms with van der Waals surface area (Å²) in [5, 5.41) is 6.19. The number of guanidine groups is 1. The monoisotopic (exact) mass is 321 g/mol. The molecule has 0 rings (SSSR count). The molecule has 0 aromatic rings. The molecule has 0 aliphatic heterocycles. The van der Waals surface area contributed by atoms with E-state index < -0.39 is 14.6 Å². The maximum absolute atomic E-state index is 11.6. The minimum atomic E-state index is -3.11. The summed E-state index contributed by atoms with van der Waals surface area (Å²) in [5.74, 6) is 1.15. The Bertz CT molecular complexity index is 417. The highest BCUT2D eigenvalue weighted by molar-refractivity contribution is 7.92. The Morgan fingerprint density at radius 2 is 1.90 bits per heavy atom. The molecule has 6 nitrogen and oxygen atoms in total. The molecule has 7 heteroatoms. The highest BCUT2D eigenvalue weighted by atomic mass is 32.2. The van der Waals surface area contributed by atoms with Crippen LogP contribution in [0.15, 0.2) is 4.99 Å². The van der Waals surface area contributed by atoms with Crippen molar-refractivity contribution in [1.82, 2.24) is 10.6 Å². The fourth-order valence-corrected chi connectivity index (χ4v) is 1.68. The van der Waals surface area contributed by atoms with Gasteiger partial charge in [0.15, 0.2) is 15.8 Å². The average Bonchev–Trinajstić information content (AvgIpc) is 2.35. The summed E-state index contributed by atoms with van der Waals surface area (Å²) in [6, 6.07) is 0. The van der Waals surface area contributed by atoms with Crippen LogP contribution in [0, 0.1) is 5.92 Å². The van der Waals surface area contributed by atoms with E-state index in [4.69, 9.17) is 4.74 Å². The van der Waals surface area contributed by atoms with Crippen LogP contribution in [0.25, 0.3) is 0 Å². The first-order valence-electron chi connectivity index (χ1n) is 7.32. The molecule has 0 atom stereocenters. The second kappa shape index (κ2) is 9.25. The predicted molar refractivity (Wildman–Crippen MR) is 88.6 cm³/mol. The Morgan fingerprint density at radius 1 is 1.29 bits per heavy atom. The number of ether oxygens (including phenoxy) is 1. The number of nitrogens with one attached hydrogen (secondary N) is 2. The van der Waals surface area contributed by atoms with Crippen LogP contribution in [0.2, 0.25) is 0 Å². The quantitative estimate of drug-likeness (QED) is 0.377. The Morgan fingerprint density at radius 3 is 2.38 bits per heavy atom. The third-order valence-corrected chi connectivity index (χ3v) is 5.27. The topological polar surface area (TPSA) is 79.8 Å². The lowest BCUT2D eigenvalue weighted by Gasteiger charge is -2.24. The molecule has 0 aliphatic rings. The number of aliphatic imine (C=N–C) groups is 1. The van der Waals surface area contributed by atoms with Gasteiger partial charge in [0.2, 0.25) is 0 Å². The molecule has 126 valence electrons. The van der Waals surface area contributed by atoms with Gasteiger partial charge in [-0.05, 0) is 26.2 Å². The molecule has 0 amide bonds. The molecule has 0 saturated heterocycles. The lowest BCUT2D eigenvalue weighted by molar-refractivity contribution is 0.108. The first-order valence-corrected chi connectivity index (χ1v) is 9.21. The molecule has 0 aliphatic carbocycles. The van der Waals surface area contributed by atoms with Gasteiger partial charge in [-0.2, -0.15) is 0 Å². The first-order chi connectivity index (χ1) is 9.60. The van der Waals surface area contributed by atoms with E-state index in [9.17, 15) is 8.42 Å². The van der Waals surface area contributed by atoms with Crippen molar-refractivity contribution < 1.29 is 13.2 Å². The van der Waals surface area contributed by atoms with Gasteiger partial charge >= 0.3 is 0 Å². The smallest absolute Gasteiger partial charge is 0.191 e.